The van der Waals surface area contributed by atoms with Gasteiger partial charge in [-0.1, -0.05) is 12.2 Å². The predicted molar refractivity (Wildman–Crippen MR) is 94.2 cm³/mol. The summed E-state index contributed by atoms with van der Waals surface area (Å²) in [5, 5.41) is 0. The Morgan fingerprint density at radius 3 is 1.15 bits per heavy atom. The van der Waals surface area contributed by atoms with Crippen LogP contribution in [0.5, 0.6) is 0 Å². The van der Waals surface area contributed by atoms with Gasteiger partial charge in [0.05, 0.1) is 26.4 Å². The van der Waals surface area contributed by atoms with Crippen molar-refractivity contribution in [3.05, 3.63) is 12.2 Å². The fourth-order valence-corrected chi connectivity index (χ4v) is 3.07. The van der Waals surface area contributed by atoms with Gasteiger partial charge in [-0.3, -0.25) is 19.2 Å². The summed E-state index contributed by atoms with van der Waals surface area (Å²) < 4.78 is 20.0. The third kappa shape index (κ3) is 6.08. The Bertz CT molecular complexity index is 484. The van der Waals surface area contributed by atoms with Crippen LogP contribution in [-0.4, -0.2) is 50.3 Å². The second-order valence-corrected chi connectivity index (χ2v) is 5.91. The highest BCUT2D eigenvalue weighted by Crippen LogP contribution is 2.36. The van der Waals surface area contributed by atoms with Gasteiger partial charge in [-0.15, -0.1) is 0 Å². The predicted octanol–water partition coefficient (Wildman–Crippen LogP) is 1.66. The molecule has 1 aliphatic carbocycles. The zero-order valence-electron chi connectivity index (χ0n) is 16.3. The fourth-order valence-electron chi connectivity index (χ4n) is 3.07. The first-order valence-corrected chi connectivity index (χ1v) is 9.25. The van der Waals surface area contributed by atoms with E-state index in [-0.39, 0.29) is 32.8 Å². The number of rotatable bonds is 10. The summed E-state index contributed by atoms with van der Waals surface area (Å²) in [5.74, 6) is -6.11. The first-order valence-electron chi connectivity index (χ1n) is 9.25. The number of hydrogen-bond donors (Lipinski definition) is 0. The number of carbonyl (C=O) groups is 4. The Hall–Kier alpha value is -2.38. The largest absolute Gasteiger partial charge is 0.465 e. The number of ether oxygens (including phenoxy) is 4. The van der Waals surface area contributed by atoms with Gasteiger partial charge in [0.25, 0.3) is 0 Å². The minimum absolute atomic E-state index is 0.128. The smallest absolute Gasteiger partial charge is 0.320 e. The van der Waals surface area contributed by atoms with Crippen molar-refractivity contribution < 1.29 is 38.1 Å². The molecule has 0 N–H and O–H groups in total. The molecule has 1 rings (SSSR count). The van der Waals surface area contributed by atoms with Crippen molar-refractivity contribution in [2.75, 3.05) is 26.4 Å². The molecule has 152 valence electrons. The average molecular weight is 384 g/mol. The molecule has 0 aliphatic heterocycles. The number of hydrogen-bond acceptors (Lipinski definition) is 8. The molecule has 0 saturated carbocycles. The van der Waals surface area contributed by atoms with E-state index in [0.717, 1.165) is 0 Å². The zero-order chi connectivity index (χ0) is 20.4. The molecule has 0 spiro atoms. The van der Waals surface area contributed by atoms with Crippen LogP contribution in [0.1, 0.15) is 34.1 Å². The molecule has 0 saturated heterocycles. The summed E-state index contributed by atoms with van der Waals surface area (Å²) in [6, 6.07) is 0. The topological polar surface area (TPSA) is 105 Å². The molecular formula is C19H28O8. The third-order valence-corrected chi connectivity index (χ3v) is 4.17. The average Bonchev–Trinajstić information content (AvgIpc) is 3.05. The first-order chi connectivity index (χ1) is 12.9. The molecule has 0 fully saturated rings. The van der Waals surface area contributed by atoms with E-state index in [1.165, 1.54) is 0 Å². The van der Waals surface area contributed by atoms with E-state index < -0.39 is 47.5 Å². The SMILES string of the molecule is CCOC(=O)C(C(=O)OCC)[C@@H]1C=C[C@H](C(C(=O)OCC)C(=O)OCC)C1. The van der Waals surface area contributed by atoms with Crippen LogP contribution in [0.25, 0.3) is 0 Å². The van der Waals surface area contributed by atoms with Gasteiger partial charge in [0.2, 0.25) is 0 Å². The van der Waals surface area contributed by atoms with E-state index >= 15 is 0 Å². The minimum Gasteiger partial charge on any atom is -0.465 e. The standard InChI is InChI=1S/C19H28O8/c1-5-24-16(20)14(17(21)25-6-2)12-9-10-13(11-12)15(18(22)26-7-3)19(23)27-8-4/h9-10,12-15H,5-8,11H2,1-4H3/t12-,13+. The number of allylic oxidation sites excluding steroid dienone is 2. The van der Waals surface area contributed by atoms with E-state index in [1.807, 2.05) is 0 Å². The molecule has 0 heterocycles. The summed E-state index contributed by atoms with van der Waals surface area (Å²) in [4.78, 5) is 49.0. The normalized spacial score (nSPS) is 18.4. The Labute approximate surface area is 159 Å². The minimum atomic E-state index is -1.14. The van der Waals surface area contributed by atoms with Crippen molar-refractivity contribution in [3.8, 4) is 0 Å². The van der Waals surface area contributed by atoms with Crippen LogP contribution >= 0.6 is 0 Å². The monoisotopic (exact) mass is 384 g/mol. The lowest BCUT2D eigenvalue weighted by Crippen LogP contribution is -2.36. The third-order valence-electron chi connectivity index (χ3n) is 4.17. The molecule has 0 aromatic heterocycles. The van der Waals surface area contributed by atoms with Crippen molar-refractivity contribution in [2.45, 2.75) is 34.1 Å². The number of esters is 4. The molecule has 1 aliphatic rings. The van der Waals surface area contributed by atoms with E-state index in [9.17, 15) is 19.2 Å². The molecule has 2 atom stereocenters. The molecule has 8 nitrogen and oxygen atoms in total. The van der Waals surface area contributed by atoms with Gasteiger partial charge in [-0.2, -0.15) is 0 Å². The van der Waals surface area contributed by atoms with E-state index in [4.69, 9.17) is 18.9 Å². The summed E-state index contributed by atoms with van der Waals surface area (Å²) in [6.45, 7) is 7.09. The van der Waals surface area contributed by atoms with E-state index in [2.05, 4.69) is 0 Å². The highest BCUT2D eigenvalue weighted by Gasteiger charge is 2.44. The Morgan fingerprint density at radius 2 is 0.926 bits per heavy atom. The second-order valence-electron chi connectivity index (χ2n) is 5.91. The van der Waals surface area contributed by atoms with Gasteiger partial charge in [-0.05, 0) is 34.1 Å². The Morgan fingerprint density at radius 1 is 0.667 bits per heavy atom. The van der Waals surface area contributed by atoms with Crippen LogP contribution in [0.3, 0.4) is 0 Å². The van der Waals surface area contributed by atoms with Gasteiger partial charge in [-0.25, -0.2) is 0 Å². The van der Waals surface area contributed by atoms with Crippen molar-refractivity contribution >= 4 is 23.9 Å². The molecule has 27 heavy (non-hydrogen) atoms. The summed E-state index contributed by atoms with van der Waals surface area (Å²) in [5.41, 5.74) is 0. The maximum absolute atomic E-state index is 12.3. The highest BCUT2D eigenvalue weighted by molar-refractivity contribution is 5.97. The van der Waals surface area contributed by atoms with Crippen molar-refractivity contribution in [1.29, 1.82) is 0 Å². The van der Waals surface area contributed by atoms with Crippen LogP contribution in [0.2, 0.25) is 0 Å². The van der Waals surface area contributed by atoms with Gasteiger partial charge in [0.1, 0.15) is 0 Å². The van der Waals surface area contributed by atoms with E-state index in [0.29, 0.717) is 0 Å². The van der Waals surface area contributed by atoms with E-state index in [1.54, 1.807) is 39.8 Å². The quantitative estimate of drug-likeness (QED) is 0.242. The van der Waals surface area contributed by atoms with Gasteiger partial charge >= 0.3 is 23.9 Å². The van der Waals surface area contributed by atoms with Gasteiger partial charge < -0.3 is 18.9 Å². The molecule has 0 bridgehead atoms. The van der Waals surface area contributed by atoms with Crippen LogP contribution in [0, 0.1) is 23.7 Å². The maximum Gasteiger partial charge on any atom is 0.320 e. The van der Waals surface area contributed by atoms with Gasteiger partial charge in [0, 0.05) is 11.8 Å². The molecule has 0 aromatic carbocycles. The molecule has 0 unspecified atom stereocenters. The lowest BCUT2D eigenvalue weighted by atomic mass is 9.85. The summed E-state index contributed by atoms with van der Waals surface area (Å²) in [7, 11) is 0. The number of carbonyl (C=O) groups excluding carboxylic acids is 4. The zero-order valence-corrected chi connectivity index (χ0v) is 16.3. The lowest BCUT2D eigenvalue weighted by Gasteiger charge is -2.23. The van der Waals surface area contributed by atoms with Gasteiger partial charge in [0.15, 0.2) is 11.8 Å². The molecule has 0 radical (unpaired) electrons. The lowest BCUT2D eigenvalue weighted by molar-refractivity contribution is -0.163. The van der Waals surface area contributed by atoms with Crippen LogP contribution in [0.15, 0.2) is 12.2 Å². The fraction of sp³-hybridized carbons (Fsp3) is 0.684. The highest BCUT2D eigenvalue weighted by atomic mass is 16.6. The van der Waals surface area contributed by atoms with Crippen molar-refractivity contribution in [2.24, 2.45) is 23.7 Å². The summed E-state index contributed by atoms with van der Waals surface area (Å²) >= 11 is 0. The Kier molecular flexibility index (Phi) is 9.53. The van der Waals surface area contributed by atoms with Crippen LogP contribution < -0.4 is 0 Å². The second kappa shape index (κ2) is 11.4. The molecule has 8 heteroatoms. The molecule has 0 amide bonds. The van der Waals surface area contributed by atoms with Crippen LogP contribution in [0.4, 0.5) is 0 Å². The Balaban J connectivity index is 3.00. The van der Waals surface area contributed by atoms with Crippen molar-refractivity contribution in [1.82, 2.24) is 0 Å². The molecular weight excluding hydrogens is 356 g/mol. The van der Waals surface area contributed by atoms with Crippen LogP contribution in [-0.2, 0) is 38.1 Å². The van der Waals surface area contributed by atoms with Crippen molar-refractivity contribution in [3.63, 3.8) is 0 Å². The molecule has 0 aromatic rings. The maximum atomic E-state index is 12.3. The summed E-state index contributed by atoms with van der Waals surface area (Å²) in [6.07, 6.45) is 3.52. The first kappa shape index (κ1) is 22.7.